The highest BCUT2D eigenvalue weighted by Crippen LogP contribution is 2.23. The van der Waals surface area contributed by atoms with Crippen LogP contribution < -0.4 is 16.0 Å². The van der Waals surface area contributed by atoms with Gasteiger partial charge in [-0.25, -0.2) is 0 Å². The lowest BCUT2D eigenvalue weighted by molar-refractivity contribution is -0.137. The lowest BCUT2D eigenvalue weighted by atomic mass is 9.86. The quantitative estimate of drug-likeness (QED) is 0.733. The summed E-state index contributed by atoms with van der Waals surface area (Å²) >= 11 is 0. The van der Waals surface area contributed by atoms with Crippen molar-refractivity contribution in [2.24, 2.45) is 5.92 Å². The third-order valence-electron chi connectivity index (χ3n) is 4.47. The molecule has 1 aromatic rings. The fourth-order valence-electron chi connectivity index (χ4n) is 3.07. The highest BCUT2D eigenvalue weighted by molar-refractivity contribution is 6.40. The molecule has 25 heavy (non-hydrogen) atoms. The van der Waals surface area contributed by atoms with Gasteiger partial charge in [0.05, 0.1) is 11.3 Å². The van der Waals surface area contributed by atoms with Crippen LogP contribution in [-0.2, 0) is 9.59 Å². The summed E-state index contributed by atoms with van der Waals surface area (Å²) in [6.07, 6.45) is 4.19. The topological polar surface area (TPSA) is 87.3 Å². The molecule has 2 atom stereocenters. The lowest BCUT2D eigenvalue weighted by Gasteiger charge is -2.29. The van der Waals surface area contributed by atoms with Gasteiger partial charge in [0.25, 0.3) is 5.91 Å². The first kappa shape index (κ1) is 19.0. The first-order chi connectivity index (χ1) is 11.9. The number of amides is 3. The van der Waals surface area contributed by atoms with Crippen molar-refractivity contribution in [3.63, 3.8) is 0 Å². The van der Waals surface area contributed by atoms with Crippen LogP contribution >= 0.6 is 0 Å². The summed E-state index contributed by atoms with van der Waals surface area (Å²) in [5.41, 5.74) is 0.667. The number of benzene rings is 1. The summed E-state index contributed by atoms with van der Waals surface area (Å²) in [7, 11) is 0. The zero-order chi connectivity index (χ0) is 18.4. The van der Waals surface area contributed by atoms with Gasteiger partial charge < -0.3 is 16.0 Å². The number of carbonyl (C=O) groups excluding carboxylic acids is 3. The molecule has 0 aromatic heterocycles. The molecule has 0 unspecified atom stereocenters. The van der Waals surface area contributed by atoms with E-state index in [-0.39, 0.29) is 18.0 Å². The van der Waals surface area contributed by atoms with Crippen molar-refractivity contribution in [3.05, 3.63) is 29.8 Å². The molecule has 1 saturated carbocycles. The number of hydrogen-bond donors (Lipinski definition) is 3. The van der Waals surface area contributed by atoms with Gasteiger partial charge in [0, 0.05) is 12.1 Å². The van der Waals surface area contributed by atoms with Crippen molar-refractivity contribution in [1.82, 2.24) is 10.6 Å². The molecule has 1 fully saturated rings. The van der Waals surface area contributed by atoms with Gasteiger partial charge in [-0.05, 0) is 44.7 Å². The normalized spacial score (nSPS) is 20.0. The first-order valence-electron chi connectivity index (χ1n) is 8.90. The van der Waals surface area contributed by atoms with E-state index in [9.17, 15) is 14.4 Å². The lowest BCUT2D eigenvalue weighted by Crippen LogP contribution is -2.46. The average Bonchev–Trinajstić information content (AvgIpc) is 2.56. The van der Waals surface area contributed by atoms with Gasteiger partial charge >= 0.3 is 11.8 Å². The molecule has 3 N–H and O–H groups in total. The van der Waals surface area contributed by atoms with Crippen LogP contribution in [0.3, 0.4) is 0 Å². The molecule has 1 aliphatic rings. The molecule has 1 aromatic carbocycles. The summed E-state index contributed by atoms with van der Waals surface area (Å²) in [5, 5.41) is 8.16. The third kappa shape index (κ3) is 5.31. The highest BCUT2D eigenvalue weighted by atomic mass is 16.2. The van der Waals surface area contributed by atoms with Gasteiger partial charge in [0.15, 0.2) is 0 Å². The second-order valence-corrected chi connectivity index (χ2v) is 6.97. The summed E-state index contributed by atoms with van der Waals surface area (Å²) < 4.78 is 0. The second-order valence-electron chi connectivity index (χ2n) is 6.97. The molecule has 6 heteroatoms. The number of rotatable bonds is 4. The Morgan fingerprint density at radius 3 is 2.40 bits per heavy atom. The molecular weight excluding hydrogens is 318 g/mol. The van der Waals surface area contributed by atoms with E-state index < -0.39 is 11.8 Å². The van der Waals surface area contributed by atoms with E-state index in [2.05, 4.69) is 22.9 Å². The van der Waals surface area contributed by atoms with Crippen LogP contribution in [0.4, 0.5) is 5.69 Å². The summed E-state index contributed by atoms with van der Waals surface area (Å²) in [4.78, 5) is 36.7. The fraction of sp³-hybridized carbons (Fsp3) is 0.526. The Morgan fingerprint density at radius 1 is 1.04 bits per heavy atom. The van der Waals surface area contributed by atoms with E-state index in [0.29, 0.717) is 17.2 Å². The highest BCUT2D eigenvalue weighted by Gasteiger charge is 2.26. The van der Waals surface area contributed by atoms with Crippen molar-refractivity contribution in [1.29, 1.82) is 0 Å². The molecule has 1 aliphatic carbocycles. The molecule has 3 amide bonds. The van der Waals surface area contributed by atoms with E-state index in [4.69, 9.17) is 0 Å². The van der Waals surface area contributed by atoms with Crippen LogP contribution in [-0.4, -0.2) is 29.8 Å². The molecular formula is C19H27N3O3. The van der Waals surface area contributed by atoms with E-state index >= 15 is 0 Å². The zero-order valence-corrected chi connectivity index (χ0v) is 15.1. The van der Waals surface area contributed by atoms with Gasteiger partial charge in [-0.3, -0.25) is 14.4 Å². The van der Waals surface area contributed by atoms with Crippen molar-refractivity contribution < 1.29 is 14.4 Å². The van der Waals surface area contributed by atoms with Crippen molar-refractivity contribution in [2.45, 2.75) is 58.5 Å². The fourth-order valence-corrected chi connectivity index (χ4v) is 3.07. The van der Waals surface area contributed by atoms with Crippen LogP contribution in [0.25, 0.3) is 0 Å². The zero-order valence-electron chi connectivity index (χ0n) is 15.1. The minimum absolute atomic E-state index is 0.0210. The van der Waals surface area contributed by atoms with Crippen molar-refractivity contribution >= 4 is 23.4 Å². The standard InChI is InChI=1S/C19H27N3O3/c1-12(2)20-17(23)14-9-5-7-11-16(14)22-19(25)18(24)21-15-10-6-4-8-13(15)3/h5,7,9,11-13,15H,4,6,8,10H2,1-3H3,(H,20,23)(H,21,24)(H,22,25)/t13-,15+/m0/s1. The van der Waals surface area contributed by atoms with Crippen LogP contribution in [0.5, 0.6) is 0 Å². The van der Waals surface area contributed by atoms with Crippen LogP contribution in [0, 0.1) is 5.92 Å². The molecule has 0 spiro atoms. The van der Waals surface area contributed by atoms with E-state index in [1.54, 1.807) is 24.3 Å². The van der Waals surface area contributed by atoms with Crippen molar-refractivity contribution in [2.75, 3.05) is 5.32 Å². The summed E-state index contributed by atoms with van der Waals surface area (Å²) in [5.74, 6) is -1.32. The second kappa shape index (κ2) is 8.65. The number of carbonyl (C=O) groups is 3. The number of nitrogens with one attached hydrogen (secondary N) is 3. The summed E-state index contributed by atoms with van der Waals surface area (Å²) in [6, 6.07) is 6.68. The maximum absolute atomic E-state index is 12.2. The molecule has 0 saturated heterocycles. The Bertz CT molecular complexity index is 643. The Labute approximate surface area is 148 Å². The van der Waals surface area contributed by atoms with Gasteiger partial charge in [0.2, 0.25) is 0 Å². The van der Waals surface area contributed by atoms with Crippen LogP contribution in [0.1, 0.15) is 56.8 Å². The van der Waals surface area contributed by atoms with E-state index in [0.717, 1.165) is 25.7 Å². The van der Waals surface area contributed by atoms with Gasteiger partial charge in [-0.15, -0.1) is 0 Å². The van der Waals surface area contributed by atoms with E-state index in [1.807, 2.05) is 13.8 Å². The summed E-state index contributed by atoms with van der Waals surface area (Å²) in [6.45, 7) is 5.81. The maximum atomic E-state index is 12.2. The predicted octanol–water partition coefficient (Wildman–Crippen LogP) is 2.46. The Hall–Kier alpha value is -2.37. The maximum Gasteiger partial charge on any atom is 0.313 e. The molecule has 2 rings (SSSR count). The molecule has 0 bridgehead atoms. The smallest absolute Gasteiger partial charge is 0.313 e. The Balaban J connectivity index is 2.02. The largest absolute Gasteiger partial charge is 0.350 e. The minimum atomic E-state index is -0.748. The predicted molar refractivity (Wildman–Crippen MR) is 97.2 cm³/mol. The van der Waals surface area contributed by atoms with Crippen LogP contribution in [0.15, 0.2) is 24.3 Å². The SMILES string of the molecule is CC(C)NC(=O)c1ccccc1NC(=O)C(=O)N[C@@H]1CCCC[C@@H]1C. The monoisotopic (exact) mass is 345 g/mol. The minimum Gasteiger partial charge on any atom is -0.350 e. The average molecular weight is 345 g/mol. The van der Waals surface area contributed by atoms with Gasteiger partial charge in [-0.1, -0.05) is 31.9 Å². The van der Waals surface area contributed by atoms with Gasteiger partial charge in [0.1, 0.15) is 0 Å². The molecule has 0 aliphatic heterocycles. The first-order valence-corrected chi connectivity index (χ1v) is 8.90. The number of anilines is 1. The number of para-hydroxylation sites is 1. The van der Waals surface area contributed by atoms with Crippen molar-refractivity contribution in [3.8, 4) is 0 Å². The Kier molecular flexibility index (Phi) is 6.56. The molecule has 0 heterocycles. The van der Waals surface area contributed by atoms with E-state index in [1.165, 1.54) is 0 Å². The number of hydrogen-bond acceptors (Lipinski definition) is 3. The molecule has 136 valence electrons. The third-order valence-corrected chi connectivity index (χ3v) is 4.47. The van der Waals surface area contributed by atoms with Gasteiger partial charge in [-0.2, -0.15) is 0 Å². The Morgan fingerprint density at radius 2 is 1.72 bits per heavy atom. The molecule has 0 radical (unpaired) electrons. The molecule has 6 nitrogen and oxygen atoms in total. The van der Waals surface area contributed by atoms with Crippen LogP contribution in [0.2, 0.25) is 0 Å².